The summed E-state index contributed by atoms with van der Waals surface area (Å²) in [6.45, 7) is 24.3. The molecule has 0 spiro atoms. The molecule has 0 aliphatic carbocycles. The largest absolute Gasteiger partial charge is 0 e. The molecule has 6 heteroatoms. The Hall–Kier alpha value is -1.41. The van der Waals surface area contributed by atoms with Gasteiger partial charge in [0.1, 0.15) is 13.5 Å². The summed E-state index contributed by atoms with van der Waals surface area (Å²) >= 11 is 0. The van der Waals surface area contributed by atoms with E-state index in [1.807, 2.05) is 36.4 Å². The Labute approximate surface area is 156 Å². The van der Waals surface area contributed by atoms with Crippen molar-refractivity contribution < 1.29 is 35.8 Å². The number of hydrogen-bond acceptors (Lipinski definition) is 1. The van der Waals surface area contributed by atoms with Gasteiger partial charge in [-0.15, -0.1) is 0 Å². The van der Waals surface area contributed by atoms with Gasteiger partial charge < -0.3 is 4.79 Å². The summed E-state index contributed by atoms with van der Waals surface area (Å²) in [5.74, 6) is 0. The average molecular weight is 386 g/mol. The van der Waals surface area contributed by atoms with Crippen LogP contribution in [0.25, 0.3) is 6.08 Å². The first-order valence-electron chi connectivity index (χ1n) is 6.64. The standard InChI is InChI=1S/C15H22OSi.3CO.Fe/c1-15(2,3)17(4,5)14(16)12-11-13-9-7-6-8-10-13;3*1-2;/h6-12H,1-5H3;;;;/b12-11+;;;;. The third-order valence-corrected chi connectivity index (χ3v) is 8.87. The van der Waals surface area contributed by atoms with Crippen molar-refractivity contribution in [2.75, 3.05) is 0 Å². The van der Waals surface area contributed by atoms with E-state index in [9.17, 15) is 4.79 Å². The number of benzene rings is 1. The summed E-state index contributed by atoms with van der Waals surface area (Å²) in [7, 11) is -1.89. The zero-order chi connectivity index (χ0) is 19.1. The fourth-order valence-electron chi connectivity index (χ4n) is 1.31. The Morgan fingerprint density at radius 2 is 1.33 bits per heavy atom. The third-order valence-electron chi connectivity index (χ3n) is 3.72. The molecule has 0 aromatic heterocycles. The fraction of sp³-hybridized carbons (Fsp3) is 0.333. The molecule has 0 heterocycles. The van der Waals surface area contributed by atoms with Gasteiger partial charge >= 0.3 is 33.9 Å². The van der Waals surface area contributed by atoms with Gasteiger partial charge in [0.15, 0.2) is 0 Å². The van der Waals surface area contributed by atoms with Crippen LogP contribution in [-0.2, 0) is 35.8 Å². The van der Waals surface area contributed by atoms with E-state index in [2.05, 4.69) is 53.8 Å². The Morgan fingerprint density at radius 1 is 0.958 bits per heavy atom. The number of allylic oxidation sites excluding steroid dienone is 1. The maximum absolute atomic E-state index is 12.3. The summed E-state index contributed by atoms with van der Waals surface area (Å²) in [4.78, 5) is 12.3. The van der Waals surface area contributed by atoms with Crippen molar-refractivity contribution in [1.82, 2.24) is 0 Å². The van der Waals surface area contributed by atoms with Crippen molar-refractivity contribution in [1.29, 1.82) is 0 Å². The van der Waals surface area contributed by atoms with E-state index in [-0.39, 0.29) is 22.1 Å². The molecule has 1 rings (SSSR count). The van der Waals surface area contributed by atoms with E-state index in [0.717, 1.165) is 5.56 Å². The van der Waals surface area contributed by atoms with E-state index in [1.165, 1.54) is 0 Å². The molecule has 1 aromatic rings. The van der Waals surface area contributed by atoms with Crippen LogP contribution in [0, 0.1) is 20.0 Å². The molecule has 0 aliphatic rings. The fourth-order valence-corrected chi connectivity index (χ4v) is 2.55. The van der Waals surface area contributed by atoms with Crippen molar-refractivity contribution in [3.63, 3.8) is 0 Å². The monoisotopic (exact) mass is 386 g/mol. The predicted molar refractivity (Wildman–Crippen MR) is 89.5 cm³/mol. The molecule has 0 atom stereocenters. The molecule has 0 fully saturated rings. The van der Waals surface area contributed by atoms with E-state index < -0.39 is 8.07 Å². The number of hydrogen-bond donors (Lipinski definition) is 0. The second-order valence-electron chi connectivity index (χ2n) is 5.98. The molecule has 0 radical (unpaired) electrons. The van der Waals surface area contributed by atoms with Crippen LogP contribution in [0.4, 0.5) is 0 Å². The number of carbonyl (C=O) groups excluding carboxylic acids is 1. The van der Waals surface area contributed by atoms with Gasteiger partial charge in [-0.3, -0.25) is 0 Å². The molecule has 0 bridgehead atoms. The maximum Gasteiger partial charge on any atom is 0 e. The molecular formula is C18H22FeO4Si. The summed E-state index contributed by atoms with van der Waals surface area (Å²) in [5.41, 5.74) is 1.08. The Morgan fingerprint density at radius 3 is 1.67 bits per heavy atom. The van der Waals surface area contributed by atoms with Crippen LogP contribution in [0.1, 0.15) is 26.3 Å². The van der Waals surface area contributed by atoms with Gasteiger partial charge in [0.25, 0.3) is 0 Å². The smallest absolute Gasteiger partial charge is 0 e. The number of rotatable bonds is 3. The van der Waals surface area contributed by atoms with Crippen molar-refractivity contribution in [2.24, 2.45) is 0 Å². The zero-order valence-electron chi connectivity index (χ0n) is 14.5. The third kappa shape index (κ3) is 11.2. The Kier molecular flexibility index (Phi) is 20.9. The quantitative estimate of drug-likeness (QED) is 0.332. The van der Waals surface area contributed by atoms with Crippen LogP contribution in [0.5, 0.6) is 0 Å². The van der Waals surface area contributed by atoms with E-state index >= 15 is 0 Å². The molecule has 1 aromatic carbocycles. The van der Waals surface area contributed by atoms with Crippen molar-refractivity contribution in [2.45, 2.75) is 38.9 Å². The van der Waals surface area contributed by atoms with Gasteiger partial charge in [-0.1, -0.05) is 70.3 Å². The number of carbonyl (C=O) groups is 1. The SMILES string of the molecule is CC(C)(C)[Si](C)(C)C(=O)/C=C/c1ccccc1.[C-]#[O+].[C-]#[O+].[C-]#[O+].[Fe]. The Bertz CT molecular complexity index is 523. The van der Waals surface area contributed by atoms with E-state index in [4.69, 9.17) is 14.0 Å². The topological polar surface area (TPSA) is 76.8 Å². The van der Waals surface area contributed by atoms with Crippen LogP contribution in [0.3, 0.4) is 0 Å². The summed E-state index contributed by atoms with van der Waals surface area (Å²) in [5, 5.41) is 0.416. The molecule has 0 saturated carbocycles. The minimum absolute atomic E-state index is 0. The van der Waals surface area contributed by atoms with Gasteiger partial charge in [-0.2, -0.15) is 0 Å². The van der Waals surface area contributed by atoms with Crippen LogP contribution in [0.2, 0.25) is 18.1 Å². The first kappa shape index (κ1) is 30.5. The Balaban J connectivity index is -0.000000256. The predicted octanol–water partition coefficient (Wildman–Crippen LogP) is 4.20. The summed E-state index contributed by atoms with van der Waals surface area (Å²) < 4.78 is 22.5. The minimum Gasteiger partial charge on any atom is 0 e. The average Bonchev–Trinajstić information content (AvgIpc) is 2.58. The van der Waals surface area contributed by atoms with Crippen LogP contribution < -0.4 is 0 Å². The van der Waals surface area contributed by atoms with E-state index in [1.54, 1.807) is 6.08 Å². The molecule has 0 N–H and O–H groups in total. The summed E-state index contributed by atoms with van der Waals surface area (Å²) in [6.07, 6.45) is 3.68. The van der Waals surface area contributed by atoms with Crippen LogP contribution in [0.15, 0.2) is 36.4 Å². The molecule has 0 amide bonds. The summed E-state index contributed by atoms with van der Waals surface area (Å²) in [6, 6.07) is 9.96. The minimum atomic E-state index is -1.89. The van der Waals surface area contributed by atoms with Crippen LogP contribution in [-0.4, -0.2) is 13.5 Å². The molecule has 130 valence electrons. The van der Waals surface area contributed by atoms with Crippen LogP contribution >= 0.6 is 0 Å². The van der Waals surface area contributed by atoms with Gasteiger partial charge in [-0.25, -0.2) is 0 Å². The molecule has 0 saturated heterocycles. The van der Waals surface area contributed by atoms with Crippen molar-refractivity contribution in [3.8, 4) is 0 Å². The van der Waals surface area contributed by atoms with Crippen molar-refractivity contribution in [3.05, 3.63) is 61.9 Å². The first-order chi connectivity index (χ1) is 10.7. The maximum atomic E-state index is 12.3. The molecule has 4 nitrogen and oxygen atoms in total. The second kappa shape index (κ2) is 16.4. The zero-order valence-corrected chi connectivity index (χ0v) is 16.6. The normalized spacial score (nSPS) is 9.46. The molecule has 0 aliphatic heterocycles. The van der Waals surface area contributed by atoms with Gasteiger partial charge in [0, 0.05) is 17.1 Å². The van der Waals surface area contributed by atoms with Gasteiger partial charge in [-0.05, 0) is 16.7 Å². The van der Waals surface area contributed by atoms with E-state index in [0.29, 0.717) is 5.41 Å². The molecule has 24 heavy (non-hydrogen) atoms. The first-order valence-corrected chi connectivity index (χ1v) is 9.64. The van der Waals surface area contributed by atoms with Gasteiger partial charge in [0.05, 0.1) is 0 Å². The molecule has 0 unspecified atom stereocenters. The van der Waals surface area contributed by atoms with Crippen molar-refractivity contribution >= 4 is 19.6 Å². The van der Waals surface area contributed by atoms with Gasteiger partial charge in [0.2, 0.25) is 0 Å². The molecular weight excluding hydrogens is 364 g/mol. The second-order valence-corrected chi connectivity index (χ2v) is 11.2.